The topological polar surface area (TPSA) is 77.9 Å². The quantitative estimate of drug-likeness (QED) is 0.657. The van der Waals surface area contributed by atoms with Crippen LogP contribution in [0.2, 0.25) is 0 Å². The number of likely N-dealkylation sites (tertiary alicyclic amines) is 1. The van der Waals surface area contributed by atoms with Crippen LogP contribution >= 0.6 is 0 Å². The zero-order valence-corrected chi connectivity index (χ0v) is 11.6. The van der Waals surface area contributed by atoms with Crippen molar-refractivity contribution in [3.05, 3.63) is 0 Å². The molecule has 1 fully saturated rings. The zero-order chi connectivity index (χ0) is 14.4. The van der Waals surface area contributed by atoms with Crippen LogP contribution in [0.15, 0.2) is 0 Å². The van der Waals surface area contributed by atoms with Gasteiger partial charge in [0.15, 0.2) is 0 Å². The second-order valence-corrected chi connectivity index (χ2v) is 5.07. The van der Waals surface area contributed by atoms with Gasteiger partial charge in [0.05, 0.1) is 0 Å². The molecule has 1 aliphatic rings. The van der Waals surface area contributed by atoms with E-state index in [1.54, 1.807) is 0 Å². The first-order valence-corrected chi connectivity index (χ1v) is 6.71. The molecule has 1 heterocycles. The molecule has 0 atom stereocenters. The number of carbonyl (C=O) groups is 3. The van der Waals surface area contributed by atoms with E-state index < -0.39 is 5.97 Å². The van der Waals surface area contributed by atoms with E-state index in [9.17, 15) is 14.4 Å². The fourth-order valence-electron chi connectivity index (χ4n) is 2.16. The highest BCUT2D eigenvalue weighted by Crippen LogP contribution is 2.12. The third kappa shape index (κ3) is 4.98. The maximum absolute atomic E-state index is 11.5. The van der Waals surface area contributed by atoms with Crippen molar-refractivity contribution in [2.24, 2.45) is 0 Å². The van der Waals surface area contributed by atoms with Crippen LogP contribution in [0.5, 0.6) is 0 Å². The van der Waals surface area contributed by atoms with Gasteiger partial charge in [0.2, 0.25) is 11.8 Å². The molecule has 108 valence electrons. The first kappa shape index (κ1) is 15.6. The van der Waals surface area contributed by atoms with Crippen molar-refractivity contribution in [1.29, 1.82) is 0 Å². The van der Waals surface area contributed by atoms with Crippen molar-refractivity contribution < 1.29 is 19.5 Å². The third-order valence-corrected chi connectivity index (χ3v) is 3.33. The van der Waals surface area contributed by atoms with Crippen LogP contribution in [-0.2, 0) is 14.4 Å². The molecule has 0 aromatic rings. The predicted octanol–water partition coefficient (Wildman–Crippen LogP) is 0.711. The lowest BCUT2D eigenvalue weighted by molar-refractivity contribution is -0.139. The van der Waals surface area contributed by atoms with Crippen LogP contribution in [0, 0.1) is 0 Å². The molecular formula is C13H22N2O4. The minimum atomic E-state index is -0.798. The van der Waals surface area contributed by atoms with E-state index in [0.717, 1.165) is 0 Å². The Kier molecular flexibility index (Phi) is 5.95. The lowest BCUT2D eigenvalue weighted by Crippen LogP contribution is -2.41. The highest BCUT2D eigenvalue weighted by atomic mass is 16.4. The molecule has 1 aliphatic heterocycles. The normalized spacial score (nSPS) is 15.9. The number of nitrogens with zero attached hydrogens (tertiary/aromatic N) is 2. The molecule has 0 aromatic heterocycles. The maximum Gasteiger partial charge on any atom is 0.303 e. The van der Waals surface area contributed by atoms with Crippen molar-refractivity contribution in [3.63, 3.8) is 0 Å². The van der Waals surface area contributed by atoms with E-state index in [-0.39, 0.29) is 24.3 Å². The minimum Gasteiger partial charge on any atom is -0.481 e. The molecule has 0 saturated carbocycles. The summed E-state index contributed by atoms with van der Waals surface area (Å²) in [5.41, 5.74) is 0. The Balaban J connectivity index is 2.39. The Morgan fingerprint density at radius 1 is 1.26 bits per heavy atom. The van der Waals surface area contributed by atoms with E-state index >= 15 is 0 Å². The van der Waals surface area contributed by atoms with Gasteiger partial charge in [0, 0.05) is 38.4 Å². The first-order chi connectivity index (χ1) is 8.91. The molecule has 6 heteroatoms. The molecule has 0 spiro atoms. The number of rotatable bonds is 8. The summed E-state index contributed by atoms with van der Waals surface area (Å²) in [7, 11) is 0. The SMILES string of the molecule is CC(C)N(CCCC(=O)O)CCN1C(=O)CCC1=O. The van der Waals surface area contributed by atoms with Crippen LogP contribution in [0.25, 0.3) is 0 Å². The summed E-state index contributed by atoms with van der Waals surface area (Å²) in [6, 6.07) is 0.265. The molecule has 19 heavy (non-hydrogen) atoms. The van der Waals surface area contributed by atoms with E-state index in [1.165, 1.54) is 4.90 Å². The Morgan fingerprint density at radius 2 is 1.84 bits per heavy atom. The van der Waals surface area contributed by atoms with Crippen LogP contribution in [0.4, 0.5) is 0 Å². The Labute approximate surface area is 113 Å². The average Bonchev–Trinajstić information content (AvgIpc) is 2.63. The number of hydrogen-bond donors (Lipinski definition) is 1. The molecule has 0 unspecified atom stereocenters. The van der Waals surface area contributed by atoms with Gasteiger partial charge in [-0.3, -0.25) is 24.2 Å². The van der Waals surface area contributed by atoms with E-state index in [2.05, 4.69) is 4.90 Å². The Hall–Kier alpha value is -1.43. The van der Waals surface area contributed by atoms with Crippen molar-refractivity contribution in [2.75, 3.05) is 19.6 Å². The van der Waals surface area contributed by atoms with Crippen molar-refractivity contribution >= 4 is 17.8 Å². The third-order valence-electron chi connectivity index (χ3n) is 3.33. The van der Waals surface area contributed by atoms with Crippen LogP contribution in [-0.4, -0.2) is 58.4 Å². The van der Waals surface area contributed by atoms with Gasteiger partial charge in [-0.25, -0.2) is 0 Å². The van der Waals surface area contributed by atoms with Crippen LogP contribution in [0.3, 0.4) is 0 Å². The molecule has 1 saturated heterocycles. The fraction of sp³-hybridized carbons (Fsp3) is 0.769. The molecule has 0 aliphatic carbocycles. The number of amides is 2. The summed E-state index contributed by atoms with van der Waals surface area (Å²) >= 11 is 0. The number of aliphatic carboxylic acids is 1. The number of carbonyl (C=O) groups excluding carboxylic acids is 2. The molecule has 6 nitrogen and oxygen atoms in total. The lowest BCUT2D eigenvalue weighted by atomic mass is 10.2. The summed E-state index contributed by atoms with van der Waals surface area (Å²) < 4.78 is 0. The molecule has 0 radical (unpaired) electrons. The number of carboxylic acids is 1. The van der Waals surface area contributed by atoms with Gasteiger partial charge in [-0.05, 0) is 26.8 Å². The monoisotopic (exact) mass is 270 g/mol. The number of imide groups is 1. The van der Waals surface area contributed by atoms with E-state index in [1.807, 2.05) is 13.8 Å². The molecule has 1 N–H and O–H groups in total. The molecule has 0 aromatic carbocycles. The van der Waals surface area contributed by atoms with Crippen LogP contribution in [0.1, 0.15) is 39.5 Å². The van der Waals surface area contributed by atoms with Crippen LogP contribution < -0.4 is 0 Å². The highest BCUT2D eigenvalue weighted by Gasteiger charge is 2.28. The molecule has 2 amide bonds. The number of hydrogen-bond acceptors (Lipinski definition) is 4. The fourth-order valence-corrected chi connectivity index (χ4v) is 2.16. The van der Waals surface area contributed by atoms with E-state index in [0.29, 0.717) is 38.9 Å². The largest absolute Gasteiger partial charge is 0.481 e. The van der Waals surface area contributed by atoms with Gasteiger partial charge in [0.25, 0.3) is 0 Å². The van der Waals surface area contributed by atoms with Crippen molar-refractivity contribution in [3.8, 4) is 0 Å². The summed E-state index contributed by atoms with van der Waals surface area (Å²) in [6.45, 7) is 5.72. The van der Waals surface area contributed by atoms with Gasteiger partial charge in [-0.15, -0.1) is 0 Å². The lowest BCUT2D eigenvalue weighted by Gasteiger charge is -2.28. The highest BCUT2D eigenvalue weighted by molar-refractivity contribution is 6.01. The smallest absolute Gasteiger partial charge is 0.303 e. The Bertz CT molecular complexity index is 339. The van der Waals surface area contributed by atoms with Gasteiger partial charge >= 0.3 is 5.97 Å². The predicted molar refractivity (Wildman–Crippen MR) is 69.5 cm³/mol. The zero-order valence-electron chi connectivity index (χ0n) is 11.6. The van der Waals surface area contributed by atoms with E-state index in [4.69, 9.17) is 5.11 Å². The maximum atomic E-state index is 11.5. The van der Waals surface area contributed by atoms with Gasteiger partial charge in [-0.2, -0.15) is 0 Å². The second-order valence-electron chi connectivity index (χ2n) is 5.07. The molecular weight excluding hydrogens is 248 g/mol. The summed E-state index contributed by atoms with van der Waals surface area (Å²) in [6.07, 6.45) is 1.36. The minimum absolute atomic E-state index is 0.0979. The van der Waals surface area contributed by atoms with Gasteiger partial charge in [-0.1, -0.05) is 0 Å². The second kappa shape index (κ2) is 7.23. The standard InChI is InChI=1S/C13H22N2O4/c1-10(2)14(7-3-4-13(18)19)8-9-15-11(16)5-6-12(15)17/h10H,3-9H2,1-2H3,(H,18,19). The van der Waals surface area contributed by atoms with Gasteiger partial charge in [0.1, 0.15) is 0 Å². The summed E-state index contributed by atoms with van der Waals surface area (Å²) in [4.78, 5) is 36.9. The summed E-state index contributed by atoms with van der Waals surface area (Å²) in [5, 5.41) is 8.62. The first-order valence-electron chi connectivity index (χ1n) is 6.71. The molecule has 0 bridgehead atoms. The molecule has 1 rings (SSSR count). The average molecular weight is 270 g/mol. The van der Waals surface area contributed by atoms with Crippen molar-refractivity contribution in [2.45, 2.75) is 45.6 Å². The van der Waals surface area contributed by atoms with Crippen molar-refractivity contribution in [1.82, 2.24) is 9.80 Å². The number of carboxylic acid groups (broad SMARTS) is 1. The summed E-state index contributed by atoms with van der Waals surface area (Å²) in [5.74, 6) is -0.993. The Morgan fingerprint density at radius 3 is 2.32 bits per heavy atom. The van der Waals surface area contributed by atoms with Gasteiger partial charge < -0.3 is 5.11 Å².